The smallest absolute Gasteiger partial charge is 0.0172 e. The lowest BCUT2D eigenvalue weighted by molar-refractivity contribution is 0.599. The molecule has 1 aliphatic rings. The monoisotopic (exact) mass is 150 g/mol. The van der Waals surface area contributed by atoms with Crippen molar-refractivity contribution in [3.05, 3.63) is 24.0 Å². The van der Waals surface area contributed by atoms with Crippen molar-refractivity contribution in [1.29, 1.82) is 0 Å². The number of nitrogens with one attached hydrogen (secondary N) is 1. The molecule has 1 aromatic rings. The van der Waals surface area contributed by atoms with Gasteiger partial charge in [-0.25, -0.2) is 0 Å². The van der Waals surface area contributed by atoms with E-state index in [1.807, 2.05) is 12.4 Å². The van der Waals surface area contributed by atoms with Gasteiger partial charge in [-0.15, -0.1) is 0 Å². The zero-order valence-corrected chi connectivity index (χ0v) is 6.96. The first-order valence-corrected chi connectivity index (χ1v) is 4.02. The zero-order valence-electron chi connectivity index (χ0n) is 6.96. The predicted octanol–water partition coefficient (Wildman–Crippen LogP) is 1.47. The second-order valence-electron chi connectivity index (χ2n) is 3.97. The van der Waals surface area contributed by atoms with Crippen molar-refractivity contribution < 1.29 is 0 Å². The molecular weight excluding hydrogens is 136 g/mol. The molecule has 0 spiro atoms. The SMILES string of the molecule is CC1(C)[C@@H](N)[C@@H]1c1cc[nH]c1. The highest BCUT2D eigenvalue weighted by Crippen LogP contribution is 2.57. The largest absolute Gasteiger partial charge is 0.367 e. The van der Waals surface area contributed by atoms with Crippen LogP contribution in [-0.2, 0) is 0 Å². The van der Waals surface area contributed by atoms with Gasteiger partial charge >= 0.3 is 0 Å². The van der Waals surface area contributed by atoms with Crippen LogP contribution in [0.1, 0.15) is 25.3 Å². The van der Waals surface area contributed by atoms with E-state index >= 15 is 0 Å². The van der Waals surface area contributed by atoms with Gasteiger partial charge in [0.05, 0.1) is 0 Å². The van der Waals surface area contributed by atoms with Gasteiger partial charge in [0.25, 0.3) is 0 Å². The molecule has 0 bridgehead atoms. The lowest BCUT2D eigenvalue weighted by Crippen LogP contribution is -2.06. The van der Waals surface area contributed by atoms with Gasteiger partial charge in [-0.05, 0) is 17.0 Å². The Morgan fingerprint density at radius 3 is 2.55 bits per heavy atom. The molecular formula is C9H14N2. The Kier molecular flexibility index (Phi) is 1.19. The van der Waals surface area contributed by atoms with Crippen molar-refractivity contribution in [3.63, 3.8) is 0 Å². The number of hydrogen-bond donors (Lipinski definition) is 2. The summed E-state index contributed by atoms with van der Waals surface area (Å²) in [5, 5.41) is 0. The van der Waals surface area contributed by atoms with E-state index in [1.54, 1.807) is 0 Å². The van der Waals surface area contributed by atoms with Gasteiger partial charge in [-0.1, -0.05) is 13.8 Å². The third kappa shape index (κ3) is 0.824. The number of H-pyrrole nitrogens is 1. The molecule has 3 N–H and O–H groups in total. The second-order valence-corrected chi connectivity index (χ2v) is 3.97. The van der Waals surface area contributed by atoms with Crippen LogP contribution in [0, 0.1) is 5.41 Å². The van der Waals surface area contributed by atoms with E-state index in [0.717, 1.165) is 0 Å². The molecule has 1 aliphatic carbocycles. The van der Waals surface area contributed by atoms with Crippen LogP contribution >= 0.6 is 0 Å². The molecule has 1 aromatic heterocycles. The second kappa shape index (κ2) is 1.89. The molecule has 0 amide bonds. The third-order valence-electron chi connectivity index (χ3n) is 2.89. The molecule has 0 aromatic carbocycles. The molecule has 2 heteroatoms. The molecule has 11 heavy (non-hydrogen) atoms. The fraction of sp³-hybridized carbons (Fsp3) is 0.556. The first-order chi connectivity index (χ1) is 5.14. The average molecular weight is 150 g/mol. The summed E-state index contributed by atoms with van der Waals surface area (Å²) in [5.41, 5.74) is 7.58. The Balaban J connectivity index is 2.23. The van der Waals surface area contributed by atoms with Gasteiger partial charge in [0, 0.05) is 24.4 Å². The van der Waals surface area contributed by atoms with Crippen LogP contribution in [0.5, 0.6) is 0 Å². The summed E-state index contributed by atoms with van der Waals surface area (Å²) in [4.78, 5) is 3.05. The van der Waals surface area contributed by atoms with Gasteiger partial charge in [0.2, 0.25) is 0 Å². The molecule has 2 atom stereocenters. The molecule has 0 aliphatic heterocycles. The average Bonchev–Trinajstić information content (AvgIpc) is 2.40. The minimum absolute atomic E-state index is 0.308. The molecule has 60 valence electrons. The van der Waals surface area contributed by atoms with E-state index in [2.05, 4.69) is 24.9 Å². The highest BCUT2D eigenvalue weighted by Gasteiger charge is 2.56. The summed E-state index contributed by atoms with van der Waals surface area (Å²) in [6, 6.07) is 2.46. The Morgan fingerprint density at radius 1 is 1.55 bits per heavy atom. The van der Waals surface area contributed by atoms with Crippen molar-refractivity contribution in [2.75, 3.05) is 0 Å². The van der Waals surface area contributed by atoms with Gasteiger partial charge in [-0.3, -0.25) is 0 Å². The van der Waals surface area contributed by atoms with Crippen LogP contribution in [0.3, 0.4) is 0 Å². The maximum atomic E-state index is 5.92. The summed E-state index contributed by atoms with van der Waals surface area (Å²) in [7, 11) is 0. The van der Waals surface area contributed by atoms with Gasteiger partial charge in [0.1, 0.15) is 0 Å². The molecule has 2 rings (SSSR count). The lowest BCUT2D eigenvalue weighted by Gasteiger charge is -1.97. The lowest BCUT2D eigenvalue weighted by atomic mass is 10.1. The normalized spacial score (nSPS) is 33.7. The molecule has 2 nitrogen and oxygen atoms in total. The molecule has 0 radical (unpaired) electrons. The highest BCUT2D eigenvalue weighted by molar-refractivity contribution is 5.31. The maximum absolute atomic E-state index is 5.92. The minimum atomic E-state index is 0.308. The Morgan fingerprint density at radius 2 is 2.18 bits per heavy atom. The first kappa shape index (κ1) is 6.92. The summed E-state index contributed by atoms with van der Waals surface area (Å²) >= 11 is 0. The zero-order chi connectivity index (χ0) is 8.06. The van der Waals surface area contributed by atoms with Crippen molar-refractivity contribution in [1.82, 2.24) is 4.98 Å². The van der Waals surface area contributed by atoms with Crippen molar-refractivity contribution in [2.24, 2.45) is 11.1 Å². The van der Waals surface area contributed by atoms with E-state index in [4.69, 9.17) is 5.73 Å². The van der Waals surface area contributed by atoms with Crippen molar-refractivity contribution in [3.8, 4) is 0 Å². The van der Waals surface area contributed by atoms with Crippen LogP contribution < -0.4 is 5.73 Å². The standard InChI is InChI=1S/C9H14N2/c1-9(2)7(8(9)10)6-3-4-11-5-6/h3-5,7-8,11H,10H2,1-2H3/t7-,8-/m0/s1. The third-order valence-corrected chi connectivity index (χ3v) is 2.89. The molecule has 1 heterocycles. The van der Waals surface area contributed by atoms with Crippen LogP contribution in [0.4, 0.5) is 0 Å². The topological polar surface area (TPSA) is 41.8 Å². The van der Waals surface area contributed by atoms with Gasteiger partial charge < -0.3 is 10.7 Å². The van der Waals surface area contributed by atoms with Gasteiger partial charge in [-0.2, -0.15) is 0 Å². The summed E-state index contributed by atoms with van der Waals surface area (Å²) in [6.07, 6.45) is 4.00. The van der Waals surface area contributed by atoms with E-state index < -0.39 is 0 Å². The van der Waals surface area contributed by atoms with Crippen molar-refractivity contribution >= 4 is 0 Å². The number of nitrogens with two attached hydrogens (primary N) is 1. The molecule has 0 saturated heterocycles. The Bertz CT molecular complexity index is 249. The number of rotatable bonds is 1. The van der Waals surface area contributed by atoms with E-state index in [-0.39, 0.29) is 0 Å². The number of aromatic nitrogens is 1. The van der Waals surface area contributed by atoms with E-state index in [0.29, 0.717) is 17.4 Å². The molecule has 1 fully saturated rings. The minimum Gasteiger partial charge on any atom is -0.367 e. The fourth-order valence-electron chi connectivity index (χ4n) is 1.84. The summed E-state index contributed by atoms with van der Waals surface area (Å²) in [6.45, 7) is 4.44. The van der Waals surface area contributed by atoms with Crippen LogP contribution in [-0.4, -0.2) is 11.0 Å². The quantitative estimate of drug-likeness (QED) is 0.625. The summed E-state index contributed by atoms with van der Waals surface area (Å²) in [5.74, 6) is 0.564. The van der Waals surface area contributed by atoms with Crippen LogP contribution in [0.15, 0.2) is 18.5 Å². The fourth-order valence-corrected chi connectivity index (χ4v) is 1.84. The van der Waals surface area contributed by atoms with Crippen molar-refractivity contribution in [2.45, 2.75) is 25.8 Å². The van der Waals surface area contributed by atoms with Crippen LogP contribution in [0.25, 0.3) is 0 Å². The Labute approximate surface area is 66.8 Å². The number of aromatic amines is 1. The molecule has 0 unspecified atom stereocenters. The molecule has 1 saturated carbocycles. The van der Waals surface area contributed by atoms with Gasteiger partial charge in [0.15, 0.2) is 0 Å². The maximum Gasteiger partial charge on any atom is 0.0172 e. The first-order valence-electron chi connectivity index (χ1n) is 4.02. The predicted molar refractivity (Wildman–Crippen MR) is 45.3 cm³/mol. The number of hydrogen-bond acceptors (Lipinski definition) is 1. The van der Waals surface area contributed by atoms with E-state index in [9.17, 15) is 0 Å². The van der Waals surface area contributed by atoms with Crippen LogP contribution in [0.2, 0.25) is 0 Å². The Hall–Kier alpha value is -0.760. The van der Waals surface area contributed by atoms with E-state index in [1.165, 1.54) is 5.56 Å². The highest BCUT2D eigenvalue weighted by atomic mass is 14.8. The summed E-state index contributed by atoms with van der Waals surface area (Å²) < 4.78 is 0.